The number of rotatable bonds is 5. The molecule has 0 spiro atoms. The maximum absolute atomic E-state index is 10.9. The molecule has 0 aliphatic heterocycles. The van der Waals surface area contributed by atoms with Crippen molar-refractivity contribution in [2.45, 2.75) is 6.54 Å². The predicted octanol–water partition coefficient (Wildman–Crippen LogP) is 0.637. The second kappa shape index (κ2) is 5.07. The van der Waals surface area contributed by atoms with E-state index < -0.39 is 10.2 Å². The molecular weight excluding hydrogens is 254 g/mol. The molecule has 0 radical (unpaired) electrons. The molecule has 7 nitrogen and oxygen atoms in total. The van der Waals surface area contributed by atoms with E-state index in [9.17, 15) is 8.42 Å². The quantitative estimate of drug-likeness (QED) is 0.636. The molecule has 0 bridgehead atoms. The van der Waals surface area contributed by atoms with E-state index in [0.29, 0.717) is 12.2 Å². The zero-order valence-electron chi connectivity index (χ0n) is 9.42. The van der Waals surface area contributed by atoms with Crippen LogP contribution < -0.4 is 15.2 Å². The number of H-pyrrole nitrogens is 1. The van der Waals surface area contributed by atoms with Crippen LogP contribution in [0.1, 0.15) is 5.82 Å². The summed E-state index contributed by atoms with van der Waals surface area (Å²) < 4.78 is 24.0. The van der Waals surface area contributed by atoms with E-state index >= 15 is 0 Å². The van der Waals surface area contributed by atoms with Gasteiger partial charge in [0.25, 0.3) is 10.2 Å². The summed E-state index contributed by atoms with van der Waals surface area (Å²) in [6.45, 7) is 0.520. The smallest absolute Gasteiger partial charge is 0.296 e. The predicted molar refractivity (Wildman–Crippen MR) is 69.1 cm³/mol. The standard InChI is InChI=1S/C10H13N5O2S/c11-18(16,17)15-9-3-1-2-8(6-9)14-7-10-12-4-5-13-10/h1-6,14-15H,7H2,(H,12,13)(H2,11,16,17). The summed E-state index contributed by atoms with van der Waals surface area (Å²) in [6, 6.07) is 6.80. The van der Waals surface area contributed by atoms with Crippen molar-refractivity contribution in [2.24, 2.45) is 5.14 Å². The lowest BCUT2D eigenvalue weighted by Crippen LogP contribution is -2.21. The molecule has 18 heavy (non-hydrogen) atoms. The van der Waals surface area contributed by atoms with Crippen LogP contribution in [0.4, 0.5) is 11.4 Å². The van der Waals surface area contributed by atoms with Crippen molar-refractivity contribution in [1.82, 2.24) is 9.97 Å². The van der Waals surface area contributed by atoms with Crippen molar-refractivity contribution in [3.63, 3.8) is 0 Å². The molecule has 0 aliphatic carbocycles. The molecular formula is C10H13N5O2S. The van der Waals surface area contributed by atoms with E-state index in [1.807, 2.05) is 6.07 Å². The Morgan fingerprint density at radius 1 is 1.33 bits per heavy atom. The second-order valence-corrected chi connectivity index (χ2v) is 4.91. The molecule has 0 aliphatic rings. The zero-order chi connectivity index (χ0) is 13.0. The van der Waals surface area contributed by atoms with Crippen LogP contribution in [-0.2, 0) is 16.8 Å². The first kappa shape index (κ1) is 12.4. The van der Waals surface area contributed by atoms with Gasteiger partial charge in [0.15, 0.2) is 0 Å². The molecule has 0 fully saturated rings. The van der Waals surface area contributed by atoms with Crippen LogP contribution in [0.2, 0.25) is 0 Å². The van der Waals surface area contributed by atoms with Gasteiger partial charge in [-0.25, -0.2) is 10.1 Å². The van der Waals surface area contributed by atoms with Gasteiger partial charge in [-0.2, -0.15) is 8.42 Å². The van der Waals surface area contributed by atoms with Crippen molar-refractivity contribution in [3.05, 3.63) is 42.5 Å². The Morgan fingerprint density at radius 2 is 2.11 bits per heavy atom. The summed E-state index contributed by atoms with van der Waals surface area (Å²) in [6.07, 6.45) is 3.39. The topological polar surface area (TPSA) is 113 Å². The Labute approximate surface area is 105 Å². The minimum absolute atomic E-state index is 0.405. The van der Waals surface area contributed by atoms with Gasteiger partial charge in [0.05, 0.1) is 12.2 Å². The largest absolute Gasteiger partial charge is 0.378 e. The minimum atomic E-state index is -3.75. The molecule has 5 N–H and O–H groups in total. The first-order valence-corrected chi connectivity index (χ1v) is 6.70. The van der Waals surface area contributed by atoms with Crippen molar-refractivity contribution in [3.8, 4) is 0 Å². The third-order valence-corrected chi connectivity index (χ3v) is 2.66. The van der Waals surface area contributed by atoms with Crippen molar-refractivity contribution < 1.29 is 8.42 Å². The fraction of sp³-hybridized carbons (Fsp3) is 0.100. The lowest BCUT2D eigenvalue weighted by molar-refractivity contribution is 0.603. The summed E-state index contributed by atoms with van der Waals surface area (Å²) in [4.78, 5) is 7.02. The van der Waals surface area contributed by atoms with E-state index in [4.69, 9.17) is 5.14 Å². The number of nitrogens with one attached hydrogen (secondary N) is 3. The van der Waals surface area contributed by atoms with E-state index in [2.05, 4.69) is 20.0 Å². The zero-order valence-corrected chi connectivity index (χ0v) is 10.2. The molecule has 96 valence electrons. The molecule has 0 atom stereocenters. The Bertz CT molecular complexity index is 609. The highest BCUT2D eigenvalue weighted by molar-refractivity contribution is 7.90. The maximum Gasteiger partial charge on any atom is 0.296 e. The Morgan fingerprint density at radius 3 is 2.78 bits per heavy atom. The van der Waals surface area contributed by atoms with E-state index in [1.54, 1.807) is 30.6 Å². The fourth-order valence-electron chi connectivity index (χ4n) is 1.44. The lowest BCUT2D eigenvalue weighted by atomic mass is 10.3. The first-order chi connectivity index (χ1) is 8.53. The summed E-state index contributed by atoms with van der Waals surface area (Å²) in [7, 11) is -3.75. The van der Waals surface area contributed by atoms with Crippen LogP contribution in [0.3, 0.4) is 0 Å². The molecule has 2 aromatic rings. The molecule has 1 heterocycles. The van der Waals surface area contributed by atoms with Crippen LogP contribution in [0.5, 0.6) is 0 Å². The van der Waals surface area contributed by atoms with Gasteiger partial charge in [0, 0.05) is 18.1 Å². The number of nitrogens with two attached hydrogens (primary N) is 1. The monoisotopic (exact) mass is 267 g/mol. The SMILES string of the molecule is NS(=O)(=O)Nc1cccc(NCc2ncc[nH]2)c1. The number of aromatic nitrogens is 2. The van der Waals surface area contributed by atoms with Gasteiger partial charge >= 0.3 is 0 Å². The highest BCUT2D eigenvalue weighted by Crippen LogP contribution is 2.15. The van der Waals surface area contributed by atoms with Crippen LogP contribution in [-0.4, -0.2) is 18.4 Å². The van der Waals surface area contributed by atoms with Crippen molar-refractivity contribution in [2.75, 3.05) is 10.0 Å². The molecule has 1 aromatic heterocycles. The average Bonchev–Trinajstić information content (AvgIpc) is 2.77. The minimum Gasteiger partial charge on any atom is -0.378 e. The third-order valence-electron chi connectivity index (χ3n) is 2.14. The normalized spacial score (nSPS) is 11.2. The number of nitrogens with zero attached hydrogens (tertiary/aromatic N) is 1. The molecule has 0 saturated carbocycles. The van der Waals surface area contributed by atoms with Crippen LogP contribution >= 0.6 is 0 Å². The molecule has 1 aromatic carbocycles. The number of hydrogen-bond acceptors (Lipinski definition) is 4. The number of imidazole rings is 1. The van der Waals surface area contributed by atoms with Gasteiger partial charge in [-0.3, -0.25) is 4.72 Å². The Balaban J connectivity index is 2.03. The van der Waals surface area contributed by atoms with Gasteiger partial charge in [-0.1, -0.05) is 6.07 Å². The number of benzene rings is 1. The molecule has 0 unspecified atom stereocenters. The average molecular weight is 267 g/mol. The maximum atomic E-state index is 10.9. The highest BCUT2D eigenvalue weighted by Gasteiger charge is 2.03. The van der Waals surface area contributed by atoms with Gasteiger partial charge in [-0.15, -0.1) is 0 Å². The molecule has 0 saturated heterocycles. The summed E-state index contributed by atoms with van der Waals surface area (Å²) in [5, 5.41) is 8.00. The second-order valence-electron chi connectivity index (χ2n) is 3.62. The number of aromatic amines is 1. The van der Waals surface area contributed by atoms with Crippen molar-refractivity contribution >= 4 is 21.6 Å². The highest BCUT2D eigenvalue weighted by atomic mass is 32.2. The third kappa shape index (κ3) is 3.75. The molecule has 0 amide bonds. The van der Waals surface area contributed by atoms with Gasteiger partial charge in [-0.05, 0) is 18.2 Å². The Kier molecular flexibility index (Phi) is 3.49. The first-order valence-electron chi connectivity index (χ1n) is 5.16. The van der Waals surface area contributed by atoms with E-state index in [1.165, 1.54) is 0 Å². The lowest BCUT2D eigenvalue weighted by Gasteiger charge is -2.07. The number of hydrogen-bond donors (Lipinski definition) is 4. The van der Waals surface area contributed by atoms with Gasteiger partial charge < -0.3 is 10.3 Å². The Hall–Kier alpha value is -2.06. The van der Waals surface area contributed by atoms with Gasteiger partial charge in [0.1, 0.15) is 5.82 Å². The summed E-state index contributed by atoms with van der Waals surface area (Å²) in [5.41, 5.74) is 1.17. The van der Waals surface area contributed by atoms with Crippen LogP contribution in [0.25, 0.3) is 0 Å². The summed E-state index contributed by atoms with van der Waals surface area (Å²) >= 11 is 0. The van der Waals surface area contributed by atoms with Crippen LogP contribution in [0.15, 0.2) is 36.7 Å². The van der Waals surface area contributed by atoms with Gasteiger partial charge in [0.2, 0.25) is 0 Å². The molecule has 2 rings (SSSR count). The summed E-state index contributed by atoms with van der Waals surface area (Å²) in [5.74, 6) is 0.791. The van der Waals surface area contributed by atoms with E-state index in [-0.39, 0.29) is 0 Å². The molecule has 8 heteroatoms. The van der Waals surface area contributed by atoms with Crippen LogP contribution in [0, 0.1) is 0 Å². The number of anilines is 2. The van der Waals surface area contributed by atoms with E-state index in [0.717, 1.165) is 11.5 Å². The fourth-order valence-corrected chi connectivity index (χ4v) is 1.89. The van der Waals surface area contributed by atoms with Crippen molar-refractivity contribution in [1.29, 1.82) is 0 Å².